The van der Waals surface area contributed by atoms with Gasteiger partial charge in [-0.05, 0) is 134 Å². The van der Waals surface area contributed by atoms with E-state index in [0.717, 1.165) is 76.2 Å². The third-order valence-corrected chi connectivity index (χ3v) is 15.9. The molecule has 0 saturated heterocycles. The minimum absolute atomic E-state index is 0.0650. The molecule has 0 aromatic heterocycles. The number of carboxylic acids is 1. The number of allylic oxidation sites excluding steroid dienone is 3. The number of carbonyl (C=O) groups excluding carboxylic acids is 2. The molecule has 2 saturated carbocycles. The van der Waals surface area contributed by atoms with Gasteiger partial charge in [-0.25, -0.2) is 4.79 Å². The first-order valence-electron chi connectivity index (χ1n) is 23.8. The van der Waals surface area contributed by atoms with Crippen molar-refractivity contribution in [2.45, 2.75) is 227 Å². The van der Waals surface area contributed by atoms with Gasteiger partial charge in [0.25, 0.3) is 0 Å². The number of aliphatic hydroxyl groups excluding tert-OH is 1. The van der Waals surface area contributed by atoms with Gasteiger partial charge in [-0.3, -0.25) is 9.59 Å². The summed E-state index contributed by atoms with van der Waals surface area (Å²) in [6, 6.07) is -0.915. The number of amides is 1. The Morgan fingerprint density at radius 2 is 1.42 bits per heavy atom. The molecule has 0 aromatic carbocycles. The molecule has 3 N–H and O–H groups in total. The number of carbonyl (C=O) groups is 3. The molecular formula is C51H95NO5. The second kappa shape index (κ2) is 23.7. The molecule has 0 aliphatic heterocycles. The normalized spacial score (nSPS) is 33.2. The summed E-state index contributed by atoms with van der Waals surface area (Å²) >= 11 is 0. The van der Waals surface area contributed by atoms with Crippen LogP contribution in [-0.4, -0.2) is 40.0 Å². The van der Waals surface area contributed by atoms with Crippen LogP contribution in [-0.2, 0) is 14.4 Å². The van der Waals surface area contributed by atoms with Crippen LogP contribution >= 0.6 is 0 Å². The highest BCUT2D eigenvalue weighted by Gasteiger charge is 2.62. The fourth-order valence-electron chi connectivity index (χ4n) is 11.6. The van der Waals surface area contributed by atoms with Crippen molar-refractivity contribution in [2.24, 2.45) is 56.7 Å². The van der Waals surface area contributed by atoms with E-state index in [1.807, 2.05) is 61.5 Å². The number of aliphatic hydroxyl groups is 1. The molecule has 6 heteroatoms. The van der Waals surface area contributed by atoms with Crippen molar-refractivity contribution >= 4 is 17.7 Å². The molecule has 4 rings (SSSR count). The van der Waals surface area contributed by atoms with Crippen molar-refractivity contribution in [3.63, 3.8) is 0 Å². The SMILES string of the molecule is CC.CC.CC.CC.CCC1(CC)C(CC2(C)CC(C(=O)NC(CC3=CCCCC3C)C(=O)O)CCC2(C)C)=CC(=O)C(C2(C)CCC(O)C(C)CC2C)C1(C)C. The van der Waals surface area contributed by atoms with Crippen molar-refractivity contribution in [3.8, 4) is 0 Å². The number of aliphatic carboxylic acids is 1. The lowest BCUT2D eigenvalue weighted by molar-refractivity contribution is -0.144. The molecule has 4 aliphatic rings. The third-order valence-electron chi connectivity index (χ3n) is 15.9. The van der Waals surface area contributed by atoms with Crippen LogP contribution in [0.2, 0.25) is 0 Å². The van der Waals surface area contributed by atoms with Crippen LogP contribution in [0.1, 0.15) is 215 Å². The third kappa shape index (κ3) is 11.9. The van der Waals surface area contributed by atoms with Gasteiger partial charge in [0.2, 0.25) is 5.91 Å². The Bertz CT molecular complexity index is 1310. The summed E-state index contributed by atoms with van der Waals surface area (Å²) in [5.41, 5.74) is 1.37. The van der Waals surface area contributed by atoms with Crippen molar-refractivity contribution in [1.29, 1.82) is 0 Å². The molecule has 9 atom stereocenters. The first-order valence-corrected chi connectivity index (χ1v) is 23.8. The molecule has 57 heavy (non-hydrogen) atoms. The van der Waals surface area contributed by atoms with E-state index in [4.69, 9.17) is 0 Å². The van der Waals surface area contributed by atoms with Crippen LogP contribution in [0.15, 0.2) is 23.3 Å². The van der Waals surface area contributed by atoms with E-state index in [2.05, 4.69) is 87.6 Å². The van der Waals surface area contributed by atoms with Crippen LogP contribution in [0.25, 0.3) is 0 Å². The van der Waals surface area contributed by atoms with Crippen LogP contribution in [0.3, 0.4) is 0 Å². The Morgan fingerprint density at radius 1 is 0.860 bits per heavy atom. The van der Waals surface area contributed by atoms with E-state index in [-0.39, 0.29) is 62.6 Å². The van der Waals surface area contributed by atoms with E-state index in [1.165, 1.54) is 5.57 Å². The van der Waals surface area contributed by atoms with E-state index in [9.17, 15) is 24.6 Å². The summed E-state index contributed by atoms with van der Waals surface area (Å²) in [4.78, 5) is 40.9. The van der Waals surface area contributed by atoms with Gasteiger partial charge in [-0.1, -0.05) is 149 Å². The van der Waals surface area contributed by atoms with Gasteiger partial charge in [0.1, 0.15) is 6.04 Å². The van der Waals surface area contributed by atoms with Gasteiger partial charge in [-0.15, -0.1) is 0 Å². The largest absolute Gasteiger partial charge is 0.480 e. The van der Waals surface area contributed by atoms with E-state index in [0.29, 0.717) is 24.7 Å². The summed E-state index contributed by atoms with van der Waals surface area (Å²) in [6.07, 6.45) is 14.8. The van der Waals surface area contributed by atoms with Crippen molar-refractivity contribution in [1.82, 2.24) is 5.32 Å². The zero-order valence-corrected chi connectivity index (χ0v) is 41.0. The van der Waals surface area contributed by atoms with Gasteiger partial charge in [0, 0.05) is 11.8 Å². The highest BCUT2D eigenvalue weighted by atomic mass is 16.4. The summed E-state index contributed by atoms with van der Waals surface area (Å²) < 4.78 is 0. The van der Waals surface area contributed by atoms with Crippen molar-refractivity contribution in [2.75, 3.05) is 0 Å². The summed E-state index contributed by atoms with van der Waals surface area (Å²) in [5.74, 6) is -0.395. The standard InChI is InChI=1S/C43H71NO5.4C2H6/c1-12-43(13-2)32(24-35(46)36(40(43,8)9)42(11)21-19-34(45)28(4)22-29(42)5)26-41(10)25-31(18-20-39(41,6)7)37(47)44-33(38(48)49)23-30-17-15-14-16-27(30)3;4*1-2/h17,24,27-29,31,33-34,36,45H,12-16,18-23,25-26H2,1-11H3,(H,44,47)(H,48,49);4*1-2H3. The van der Waals surface area contributed by atoms with E-state index < -0.39 is 12.0 Å². The molecule has 2 fully saturated rings. The maximum atomic E-state index is 14.7. The molecule has 0 spiro atoms. The highest BCUT2D eigenvalue weighted by Crippen LogP contribution is 2.67. The summed E-state index contributed by atoms with van der Waals surface area (Å²) in [6.45, 7) is 41.1. The predicted octanol–water partition coefficient (Wildman–Crippen LogP) is 13.8. The molecule has 0 bridgehead atoms. The van der Waals surface area contributed by atoms with Gasteiger partial charge in [0.05, 0.1) is 6.10 Å². The second-order valence-electron chi connectivity index (χ2n) is 19.0. The van der Waals surface area contributed by atoms with Crippen molar-refractivity contribution in [3.05, 3.63) is 23.3 Å². The number of carboxylic acid groups (broad SMARTS) is 1. The fraction of sp³-hybridized carbons (Fsp3) is 0.863. The number of hydrogen-bond donors (Lipinski definition) is 3. The minimum Gasteiger partial charge on any atom is -0.480 e. The van der Waals surface area contributed by atoms with Crippen LogP contribution < -0.4 is 5.32 Å². The van der Waals surface area contributed by atoms with Gasteiger partial charge in [-0.2, -0.15) is 0 Å². The Labute approximate surface area is 353 Å². The number of ketones is 1. The van der Waals surface area contributed by atoms with Gasteiger partial charge >= 0.3 is 5.97 Å². The zero-order valence-electron chi connectivity index (χ0n) is 41.0. The fourth-order valence-corrected chi connectivity index (χ4v) is 11.6. The zero-order chi connectivity index (χ0) is 44.7. The van der Waals surface area contributed by atoms with Crippen LogP contribution in [0.4, 0.5) is 0 Å². The molecular weight excluding hydrogens is 707 g/mol. The Kier molecular flexibility index (Phi) is 22.9. The van der Waals surface area contributed by atoms with Crippen molar-refractivity contribution < 1.29 is 24.6 Å². The number of nitrogens with one attached hydrogen (secondary N) is 1. The topological polar surface area (TPSA) is 104 Å². The average molecular weight is 802 g/mol. The first-order chi connectivity index (χ1) is 26.7. The monoisotopic (exact) mass is 802 g/mol. The molecule has 0 heterocycles. The van der Waals surface area contributed by atoms with E-state index in [1.54, 1.807) is 0 Å². The lowest BCUT2D eigenvalue weighted by atomic mass is 9.42. The van der Waals surface area contributed by atoms with Crippen LogP contribution in [0.5, 0.6) is 0 Å². The quantitative estimate of drug-likeness (QED) is 0.151. The lowest BCUT2D eigenvalue weighted by Crippen LogP contribution is -2.57. The Balaban J connectivity index is 0.00000368. The smallest absolute Gasteiger partial charge is 0.326 e. The average Bonchev–Trinajstić information content (AvgIpc) is 3.27. The summed E-state index contributed by atoms with van der Waals surface area (Å²) in [7, 11) is 0. The molecule has 1 amide bonds. The van der Waals surface area contributed by atoms with Gasteiger partial charge < -0.3 is 15.5 Å². The highest BCUT2D eigenvalue weighted by molar-refractivity contribution is 5.95. The molecule has 0 radical (unpaired) electrons. The molecule has 0 aromatic rings. The number of hydrogen-bond acceptors (Lipinski definition) is 4. The van der Waals surface area contributed by atoms with Crippen LogP contribution in [0, 0.1) is 56.7 Å². The first kappa shape index (κ1) is 55.0. The Morgan fingerprint density at radius 3 is 1.93 bits per heavy atom. The predicted molar refractivity (Wildman–Crippen MR) is 244 cm³/mol. The maximum absolute atomic E-state index is 14.7. The Hall–Kier alpha value is -1.95. The van der Waals surface area contributed by atoms with Gasteiger partial charge in [0.15, 0.2) is 5.78 Å². The minimum atomic E-state index is -0.968. The lowest BCUT2D eigenvalue weighted by Gasteiger charge is -2.61. The molecule has 9 unspecified atom stereocenters. The number of rotatable bonds is 10. The molecule has 6 nitrogen and oxygen atoms in total. The maximum Gasteiger partial charge on any atom is 0.326 e. The summed E-state index contributed by atoms with van der Waals surface area (Å²) in [5, 5.41) is 24.0. The molecule has 334 valence electrons. The molecule has 4 aliphatic carbocycles. The second-order valence-corrected chi connectivity index (χ2v) is 19.0. The van der Waals surface area contributed by atoms with E-state index >= 15 is 0 Å².